The van der Waals surface area contributed by atoms with Crippen molar-refractivity contribution in [2.24, 2.45) is 35.0 Å². The minimum Gasteiger partial charge on any atom is -0.481 e. The largest absolute Gasteiger partial charge is 0.481 e. The molecule has 2 rings (SSSR count). The van der Waals surface area contributed by atoms with Crippen molar-refractivity contribution in [1.82, 2.24) is 101 Å². The van der Waals surface area contributed by atoms with E-state index in [-0.39, 0.29) is 69.9 Å². The van der Waals surface area contributed by atoms with Crippen molar-refractivity contribution in [3.8, 4) is 0 Å². The fraction of sp³-hybridized carbons (Fsp3) is 0.637. The van der Waals surface area contributed by atoms with E-state index in [9.17, 15) is 131 Å². The van der Waals surface area contributed by atoms with Crippen LogP contribution in [0, 0.1) is 17.8 Å². The Bertz CT molecular complexity index is 4320. The number of aliphatic hydroxyl groups is 5. The molecule has 0 saturated heterocycles. The highest BCUT2D eigenvalue weighted by Crippen LogP contribution is 2.21. The third kappa shape index (κ3) is 42.3. The number of para-hydroxylation sites is 1. The van der Waals surface area contributed by atoms with Crippen LogP contribution in [0.15, 0.2) is 30.5 Å². The lowest BCUT2D eigenvalue weighted by molar-refractivity contribution is -0.144. The average Bonchev–Trinajstić information content (AvgIpc) is 1.66. The van der Waals surface area contributed by atoms with Crippen LogP contribution in [0.2, 0.25) is 0 Å². The molecule has 0 aliphatic carbocycles. The van der Waals surface area contributed by atoms with Crippen molar-refractivity contribution in [3.63, 3.8) is 0 Å². The molecule has 0 aliphatic heterocycles. The molecule has 33 N–H and O–H groups in total. The Labute approximate surface area is 787 Å². The molecule has 134 heavy (non-hydrogen) atoms. The zero-order chi connectivity index (χ0) is 101. The number of carboxylic acid groups (broad SMARTS) is 3. The number of hydrogen-bond donors (Lipinski definition) is 33. The number of carboxylic acids is 3. The standard InChI is InChI=1S/C80H130N22O29S3/c1-37(2)22-48(88-59(108)27-85-64(114)40(7)87-69(119)49(23-38(3)4)94-79(129)63(39(5)6)102-65(115)43(83)25-62(112)113)70(120)96-53(31-105)73(123)97-54(32-106)74(124)98-55(33-107)75(125)100-58(36-134)78(128)101-57(35-133)77(127)91-45(16-10-12-20-81)67(117)93-50(24-41-26-84-44-15-9-8-14-42(41)44)66(116)86-28-60(109)89-56(34-132)76(126)99-51(29-103)71(121)90-46(17-11-13-21-82)68(118)95-52(30-104)72(122)92-47(80(130)131)18-19-61(110)111/h8-9,14-15,26,37-40,43,45-58,63,84,103-107,132-134H,10-13,16-25,27-36,81-83H2,1-7H3,(H,85,114)(H,86,116)(H,87,119)(H,88,108)(H,89,109)(H,90,121)(H,91,127)(H,92,122)(H,93,117)(H,94,129)(H,95,118)(H,96,120)(H,97,123)(H,98,124)(H,99,126)(H,100,125)(H,101,128)(H,102,115)(H,110,111)(H,112,113)(H,130,131)/t40-,43-,45-,46-,47-,48-,49-,50-,51-,52-,53-,54-,55-,56-,57-,58-,63-/m0/s1. The average molecular weight is 1960 g/mol. The number of unbranched alkanes of at least 4 members (excludes halogenated alkanes) is 2. The summed E-state index contributed by atoms with van der Waals surface area (Å²) in [5.41, 5.74) is 18.2. The molecule has 0 unspecified atom stereocenters. The Balaban J connectivity index is 2.24. The van der Waals surface area contributed by atoms with Gasteiger partial charge in [0.25, 0.3) is 0 Å². The minimum atomic E-state index is -1.99. The van der Waals surface area contributed by atoms with Crippen molar-refractivity contribution >= 4 is 173 Å². The maximum Gasteiger partial charge on any atom is 0.326 e. The third-order valence-corrected chi connectivity index (χ3v) is 21.1. The number of carbonyl (C=O) groups is 21. The Morgan fingerprint density at radius 2 is 0.694 bits per heavy atom. The van der Waals surface area contributed by atoms with E-state index in [1.54, 1.807) is 72.0 Å². The topological polar surface area (TPSA) is 831 Å². The van der Waals surface area contributed by atoms with E-state index in [0.29, 0.717) is 29.3 Å². The van der Waals surface area contributed by atoms with Gasteiger partial charge in [0.1, 0.15) is 96.7 Å². The molecule has 752 valence electrons. The summed E-state index contributed by atoms with van der Waals surface area (Å²) in [6, 6.07) is -20.8. The molecule has 1 heterocycles. The zero-order valence-electron chi connectivity index (χ0n) is 75.1. The summed E-state index contributed by atoms with van der Waals surface area (Å²) in [4.78, 5) is 282. The van der Waals surface area contributed by atoms with Crippen LogP contribution >= 0.6 is 37.9 Å². The number of carbonyl (C=O) groups excluding carboxylic acids is 18. The second kappa shape index (κ2) is 62.0. The molecule has 17 atom stereocenters. The van der Waals surface area contributed by atoms with Gasteiger partial charge in [-0.2, -0.15) is 37.9 Å². The van der Waals surface area contributed by atoms with E-state index in [2.05, 4.69) is 133 Å². The molecule has 1 aromatic heterocycles. The predicted molar refractivity (Wildman–Crippen MR) is 486 cm³/mol. The summed E-state index contributed by atoms with van der Waals surface area (Å²) in [5.74, 6) is -26.2. The van der Waals surface area contributed by atoms with Gasteiger partial charge in [-0.15, -0.1) is 0 Å². The van der Waals surface area contributed by atoms with Crippen molar-refractivity contribution in [2.45, 2.75) is 228 Å². The summed E-state index contributed by atoms with van der Waals surface area (Å²) < 4.78 is 0. The number of aliphatic carboxylic acids is 3. The summed E-state index contributed by atoms with van der Waals surface area (Å²) in [7, 11) is 0. The third-order valence-electron chi connectivity index (χ3n) is 20.0. The molecular weight excluding hydrogens is 1830 g/mol. The van der Waals surface area contributed by atoms with Gasteiger partial charge >= 0.3 is 17.9 Å². The van der Waals surface area contributed by atoms with Gasteiger partial charge in [-0.05, 0) is 107 Å². The highest BCUT2D eigenvalue weighted by molar-refractivity contribution is 7.80. The quantitative estimate of drug-likeness (QED) is 0.0216. The Hall–Kier alpha value is -11.6. The zero-order valence-corrected chi connectivity index (χ0v) is 77.8. The number of nitrogens with one attached hydrogen (secondary N) is 19. The van der Waals surface area contributed by atoms with Crippen LogP contribution < -0.4 is 113 Å². The van der Waals surface area contributed by atoms with Crippen LogP contribution in [-0.4, -0.2) is 349 Å². The Kier molecular flexibility index (Phi) is 54.8. The van der Waals surface area contributed by atoms with Crippen LogP contribution in [0.4, 0.5) is 0 Å². The molecule has 54 heteroatoms. The number of aromatic amines is 1. The Morgan fingerprint density at radius 3 is 1.07 bits per heavy atom. The summed E-state index contributed by atoms with van der Waals surface area (Å²) in [6.07, 6.45) is -0.0934. The molecule has 0 bridgehead atoms. The highest BCUT2D eigenvalue weighted by atomic mass is 32.1. The number of H-pyrrole nitrogens is 1. The lowest BCUT2D eigenvalue weighted by atomic mass is 9.99. The summed E-state index contributed by atoms with van der Waals surface area (Å²) >= 11 is 12.5. The summed E-state index contributed by atoms with van der Waals surface area (Å²) in [5, 5.41) is 121. The molecule has 0 radical (unpaired) electrons. The molecular formula is C80H130N22O29S3. The first-order chi connectivity index (χ1) is 63.2. The van der Waals surface area contributed by atoms with Gasteiger partial charge in [0.05, 0.1) is 58.6 Å². The van der Waals surface area contributed by atoms with E-state index >= 15 is 0 Å². The molecule has 2 aromatic rings. The summed E-state index contributed by atoms with van der Waals surface area (Å²) in [6.45, 7) is 4.00. The van der Waals surface area contributed by atoms with Crippen molar-refractivity contribution in [1.29, 1.82) is 0 Å². The fourth-order valence-corrected chi connectivity index (χ4v) is 13.3. The van der Waals surface area contributed by atoms with E-state index in [1.165, 1.54) is 6.92 Å². The van der Waals surface area contributed by atoms with Gasteiger partial charge in [-0.3, -0.25) is 95.9 Å². The SMILES string of the molecule is CC(C)C[C@H](NC(=O)CNC(=O)[C@H](C)NC(=O)[C@H](CC(C)C)NC(=O)[C@@H](NC(=O)[C@@H](N)CC(=O)O)C(C)C)C(=O)N[C@@H](CO)C(=O)N[C@@H](CO)C(=O)N[C@@H](CO)C(=O)N[C@@H](CS)C(=O)N[C@@H](CS)C(=O)N[C@@H](CCCCN)C(=O)N[C@@H](Cc1c[nH]c2ccccc12)C(=O)NCC(=O)N[C@@H](CS)C(=O)N[C@@H](CO)C(=O)N[C@@H](CCCCN)C(=O)N[C@@H](CO)C(=O)N[C@@H](CCC(=O)O)C(=O)O. The lowest BCUT2D eigenvalue weighted by Crippen LogP contribution is -2.62. The van der Waals surface area contributed by atoms with Crippen LogP contribution in [0.1, 0.15) is 125 Å². The maximum absolute atomic E-state index is 14.5. The van der Waals surface area contributed by atoms with Gasteiger partial charge in [0.2, 0.25) is 106 Å². The van der Waals surface area contributed by atoms with Gasteiger partial charge in [-0.1, -0.05) is 59.7 Å². The molecule has 18 amide bonds. The second-order valence-corrected chi connectivity index (χ2v) is 33.3. The first kappa shape index (κ1) is 118. The number of rotatable bonds is 65. The number of hydrogen-bond acceptors (Lipinski definition) is 32. The van der Waals surface area contributed by atoms with Crippen molar-refractivity contribution < 1.29 is 142 Å². The maximum atomic E-state index is 14.5. The molecule has 0 aliphatic rings. The van der Waals surface area contributed by atoms with E-state index < -0.39 is 316 Å². The first-order valence-electron chi connectivity index (χ1n) is 42.9. The molecule has 0 fully saturated rings. The number of thiol groups is 3. The number of nitrogens with two attached hydrogens (primary N) is 3. The van der Waals surface area contributed by atoms with Crippen molar-refractivity contribution in [2.75, 3.05) is 76.5 Å². The van der Waals surface area contributed by atoms with Crippen LogP contribution in [0.5, 0.6) is 0 Å². The fourth-order valence-electron chi connectivity index (χ4n) is 12.6. The number of benzene rings is 1. The molecule has 0 spiro atoms. The van der Waals surface area contributed by atoms with Gasteiger partial charge in [0.15, 0.2) is 0 Å². The molecule has 1 aromatic carbocycles. The second-order valence-electron chi connectivity index (χ2n) is 32.2. The van der Waals surface area contributed by atoms with E-state index in [0.717, 1.165) is 0 Å². The number of fused-ring (bicyclic) bond motifs is 1. The van der Waals surface area contributed by atoms with Gasteiger partial charge in [0, 0.05) is 47.2 Å². The van der Waals surface area contributed by atoms with Crippen LogP contribution in [-0.2, 0) is 107 Å². The Morgan fingerprint density at radius 1 is 0.358 bits per heavy atom. The number of amides is 18. The predicted octanol–water partition coefficient (Wildman–Crippen LogP) is -11.8. The normalized spacial score (nSPS) is 15.0. The lowest BCUT2D eigenvalue weighted by Gasteiger charge is -2.27. The monoisotopic (exact) mass is 1960 g/mol. The number of aliphatic hydroxyl groups excluding tert-OH is 5. The van der Waals surface area contributed by atoms with E-state index in [1.807, 2.05) is 5.32 Å². The van der Waals surface area contributed by atoms with Gasteiger partial charge < -0.3 is 159 Å². The van der Waals surface area contributed by atoms with Gasteiger partial charge in [-0.25, -0.2) is 4.79 Å². The highest BCUT2D eigenvalue weighted by Gasteiger charge is 2.39. The van der Waals surface area contributed by atoms with Crippen molar-refractivity contribution in [3.05, 3.63) is 36.0 Å². The first-order valence-corrected chi connectivity index (χ1v) is 44.8. The number of aromatic nitrogens is 1. The molecule has 0 saturated carbocycles. The molecule has 51 nitrogen and oxygen atoms in total. The van der Waals surface area contributed by atoms with Crippen LogP contribution in [0.25, 0.3) is 10.9 Å². The smallest absolute Gasteiger partial charge is 0.326 e. The van der Waals surface area contributed by atoms with Crippen LogP contribution in [0.3, 0.4) is 0 Å². The van der Waals surface area contributed by atoms with E-state index in [4.69, 9.17) is 27.4 Å². The minimum absolute atomic E-state index is 0.0442.